The zero-order valence-electron chi connectivity index (χ0n) is 12.0. The Hall–Kier alpha value is -1.82. The van der Waals surface area contributed by atoms with Gasteiger partial charge in [-0.1, -0.05) is 60.7 Å². The molecule has 1 heterocycles. The molecule has 0 unspecified atom stereocenters. The van der Waals surface area contributed by atoms with Crippen molar-refractivity contribution in [2.45, 2.75) is 8.42 Å². The van der Waals surface area contributed by atoms with Crippen molar-refractivity contribution in [3.63, 3.8) is 0 Å². The van der Waals surface area contributed by atoms with Crippen LogP contribution in [0.4, 0.5) is 0 Å². The predicted octanol–water partition coefficient (Wildman–Crippen LogP) is 5.61. The summed E-state index contributed by atoms with van der Waals surface area (Å²) in [6, 6.07) is 22.2. The number of hydrogen-bond acceptors (Lipinski definition) is 5. The monoisotopic (exact) mass is 356 g/mol. The second kappa shape index (κ2) is 7.64. The quantitative estimate of drug-likeness (QED) is 0.569. The molecular weight excluding hydrogens is 344 g/mol. The number of carbonyl (C=O) groups is 2. The van der Waals surface area contributed by atoms with Crippen LogP contribution < -0.4 is 0 Å². The maximum absolute atomic E-state index is 12.2. The molecule has 0 amide bonds. The van der Waals surface area contributed by atoms with Crippen LogP contribution in [0.3, 0.4) is 0 Å². The van der Waals surface area contributed by atoms with Crippen molar-refractivity contribution in [2.75, 3.05) is 0 Å². The van der Waals surface area contributed by atoms with Gasteiger partial charge in [-0.2, -0.15) is 0 Å². The van der Waals surface area contributed by atoms with Gasteiger partial charge in [-0.25, -0.2) is 0 Å². The van der Waals surface area contributed by atoms with Crippen molar-refractivity contribution in [3.8, 4) is 0 Å². The molecule has 23 heavy (non-hydrogen) atoms. The summed E-state index contributed by atoms with van der Waals surface area (Å²) in [5.41, 5.74) is 1.36. The Balaban J connectivity index is 1.64. The first-order valence-corrected chi connectivity index (χ1v) is 9.31. The minimum atomic E-state index is 0.0124. The predicted molar refractivity (Wildman–Crippen MR) is 97.6 cm³/mol. The van der Waals surface area contributed by atoms with Crippen LogP contribution in [0.15, 0.2) is 81.2 Å². The molecule has 0 saturated carbocycles. The second-order valence-corrected chi connectivity index (χ2v) is 8.21. The third kappa shape index (κ3) is 4.34. The standard InChI is InChI=1S/C18H12O2S3/c19-17(13-7-3-1-4-8-13)22-15-11-12-16(21-15)23-18(20)14-9-5-2-6-10-14/h1-12H. The van der Waals surface area contributed by atoms with Gasteiger partial charge in [0.05, 0.1) is 8.42 Å². The molecule has 0 bridgehead atoms. The fourth-order valence-electron chi connectivity index (χ4n) is 1.86. The lowest BCUT2D eigenvalue weighted by atomic mass is 10.2. The summed E-state index contributed by atoms with van der Waals surface area (Å²) in [5, 5.41) is 0.0248. The van der Waals surface area contributed by atoms with Gasteiger partial charge in [-0.05, 0) is 35.7 Å². The normalized spacial score (nSPS) is 10.4. The van der Waals surface area contributed by atoms with E-state index in [1.807, 2.05) is 48.5 Å². The molecule has 0 aliphatic carbocycles. The highest BCUT2D eigenvalue weighted by molar-refractivity contribution is 8.17. The summed E-state index contributed by atoms with van der Waals surface area (Å²) in [4.78, 5) is 24.3. The largest absolute Gasteiger partial charge is 0.281 e. The van der Waals surface area contributed by atoms with E-state index in [0.717, 1.165) is 8.42 Å². The van der Waals surface area contributed by atoms with Crippen LogP contribution in [0.1, 0.15) is 20.7 Å². The summed E-state index contributed by atoms with van der Waals surface area (Å²) in [7, 11) is 0. The van der Waals surface area contributed by atoms with Crippen LogP contribution in [-0.2, 0) is 0 Å². The Morgan fingerprint density at radius 3 is 1.39 bits per heavy atom. The van der Waals surface area contributed by atoms with E-state index in [1.165, 1.54) is 34.9 Å². The van der Waals surface area contributed by atoms with Crippen LogP contribution in [0, 0.1) is 0 Å². The maximum atomic E-state index is 12.2. The van der Waals surface area contributed by atoms with Crippen molar-refractivity contribution in [1.82, 2.24) is 0 Å². The van der Waals surface area contributed by atoms with E-state index < -0.39 is 0 Å². The highest BCUT2D eigenvalue weighted by Gasteiger charge is 2.13. The van der Waals surface area contributed by atoms with Crippen LogP contribution >= 0.6 is 34.9 Å². The van der Waals surface area contributed by atoms with Gasteiger partial charge in [0.1, 0.15) is 0 Å². The molecule has 0 fully saturated rings. The molecular formula is C18H12O2S3. The molecule has 2 aromatic carbocycles. The fraction of sp³-hybridized carbons (Fsp3) is 0. The zero-order valence-corrected chi connectivity index (χ0v) is 14.4. The molecule has 5 heteroatoms. The van der Waals surface area contributed by atoms with Gasteiger partial charge in [0.25, 0.3) is 0 Å². The molecule has 1 aromatic heterocycles. The van der Waals surface area contributed by atoms with Gasteiger partial charge in [-0.15, -0.1) is 11.3 Å². The third-order valence-electron chi connectivity index (χ3n) is 2.96. The van der Waals surface area contributed by atoms with Crippen LogP contribution in [0.25, 0.3) is 0 Å². The summed E-state index contributed by atoms with van der Waals surface area (Å²) in [6.07, 6.45) is 0. The Morgan fingerprint density at radius 2 is 1.00 bits per heavy atom. The highest BCUT2D eigenvalue weighted by Crippen LogP contribution is 2.36. The number of rotatable bonds is 4. The lowest BCUT2D eigenvalue weighted by molar-refractivity contribution is 0.108. The average molecular weight is 356 g/mol. The SMILES string of the molecule is O=C(Sc1ccc(SC(=O)c2ccccc2)s1)c1ccccc1. The Bertz CT molecular complexity index is 743. The van der Waals surface area contributed by atoms with Crippen molar-refractivity contribution < 1.29 is 9.59 Å². The van der Waals surface area contributed by atoms with Crippen LogP contribution in [-0.4, -0.2) is 10.2 Å². The summed E-state index contributed by atoms with van der Waals surface area (Å²) in [6.45, 7) is 0. The van der Waals surface area contributed by atoms with Gasteiger partial charge in [0.2, 0.25) is 10.2 Å². The lowest BCUT2D eigenvalue weighted by Crippen LogP contribution is -1.91. The van der Waals surface area contributed by atoms with E-state index in [2.05, 4.69) is 0 Å². The Morgan fingerprint density at radius 1 is 0.609 bits per heavy atom. The second-order valence-electron chi connectivity index (χ2n) is 4.58. The highest BCUT2D eigenvalue weighted by atomic mass is 32.2. The van der Waals surface area contributed by atoms with Gasteiger partial charge < -0.3 is 0 Å². The van der Waals surface area contributed by atoms with Crippen molar-refractivity contribution in [2.24, 2.45) is 0 Å². The zero-order chi connectivity index (χ0) is 16.1. The first-order chi connectivity index (χ1) is 11.2. The Kier molecular flexibility index (Phi) is 5.33. The van der Waals surface area contributed by atoms with Crippen LogP contribution in [0.2, 0.25) is 0 Å². The van der Waals surface area contributed by atoms with Gasteiger partial charge in [-0.3, -0.25) is 9.59 Å². The fourth-order valence-corrected chi connectivity index (χ4v) is 4.96. The van der Waals surface area contributed by atoms with E-state index in [9.17, 15) is 9.59 Å². The molecule has 3 rings (SSSR count). The summed E-state index contributed by atoms with van der Waals surface area (Å²) in [5.74, 6) is 0. The van der Waals surface area contributed by atoms with Crippen molar-refractivity contribution in [1.29, 1.82) is 0 Å². The minimum Gasteiger partial charge on any atom is -0.281 e. The van der Waals surface area contributed by atoms with Gasteiger partial charge in [0.15, 0.2) is 0 Å². The molecule has 114 valence electrons. The number of thioether (sulfide) groups is 2. The molecule has 0 aliphatic rings. The number of benzene rings is 2. The molecule has 0 aliphatic heterocycles. The molecule has 2 nitrogen and oxygen atoms in total. The maximum Gasteiger partial charge on any atom is 0.224 e. The number of carbonyl (C=O) groups excluding carboxylic acids is 2. The number of hydrogen-bond donors (Lipinski definition) is 0. The molecule has 0 saturated heterocycles. The molecule has 0 spiro atoms. The summed E-state index contributed by atoms with van der Waals surface area (Å²) >= 11 is 3.85. The van der Waals surface area contributed by atoms with E-state index >= 15 is 0 Å². The molecule has 0 atom stereocenters. The average Bonchev–Trinajstić information content (AvgIpc) is 3.03. The van der Waals surface area contributed by atoms with E-state index in [1.54, 1.807) is 24.3 Å². The smallest absolute Gasteiger partial charge is 0.224 e. The lowest BCUT2D eigenvalue weighted by Gasteiger charge is -1.98. The molecule has 0 N–H and O–H groups in total. The van der Waals surface area contributed by atoms with E-state index in [4.69, 9.17) is 0 Å². The first-order valence-electron chi connectivity index (χ1n) is 6.87. The van der Waals surface area contributed by atoms with Crippen LogP contribution in [0.5, 0.6) is 0 Å². The van der Waals surface area contributed by atoms with Crippen molar-refractivity contribution in [3.05, 3.63) is 83.9 Å². The van der Waals surface area contributed by atoms with Gasteiger partial charge in [0, 0.05) is 11.1 Å². The number of thiophene rings is 1. The molecule has 3 aromatic rings. The molecule has 0 radical (unpaired) electrons. The van der Waals surface area contributed by atoms with E-state index in [0.29, 0.717) is 11.1 Å². The third-order valence-corrected chi connectivity index (χ3v) is 6.15. The van der Waals surface area contributed by atoms with Gasteiger partial charge >= 0.3 is 0 Å². The first kappa shape index (κ1) is 16.1. The topological polar surface area (TPSA) is 34.1 Å². The Labute approximate surface area is 146 Å². The minimum absolute atomic E-state index is 0.0124. The van der Waals surface area contributed by atoms with Crippen molar-refractivity contribution >= 4 is 45.1 Å². The summed E-state index contributed by atoms with van der Waals surface area (Å²) < 4.78 is 1.78. The van der Waals surface area contributed by atoms with E-state index in [-0.39, 0.29) is 10.2 Å².